The van der Waals surface area contributed by atoms with Gasteiger partial charge in [-0.1, -0.05) is 80.4 Å². The SMILES string of the molecule is CCCC[C@H]1C(=O)N[C@@H](Cc2ccc3ccccc3c2)C(=O)N(C)[C@@H](COC(C)(C)C)C(=O)NCC(=O)N(C)CCC/C=C/C(=O)OCC(C)(C)C(=O)C(=O)N2CCCC[C@H]2C(=O)O[C@H](CCc2cc(OC)cc(OC)c2OC)c2cccc(c2)OCC(=O)N1C. The van der Waals surface area contributed by atoms with E-state index in [4.69, 9.17) is 33.2 Å². The predicted molar refractivity (Wildman–Crippen MR) is 341 cm³/mol. The summed E-state index contributed by atoms with van der Waals surface area (Å²) in [4.78, 5) is 133. The van der Waals surface area contributed by atoms with E-state index in [1.807, 2.05) is 49.4 Å². The summed E-state index contributed by atoms with van der Waals surface area (Å²) in [6.45, 7) is 8.97. The van der Waals surface area contributed by atoms with Gasteiger partial charge in [0.1, 0.15) is 48.4 Å². The molecule has 494 valence electrons. The number of rotatable bonds is 13. The van der Waals surface area contributed by atoms with E-state index in [1.165, 1.54) is 74.9 Å². The van der Waals surface area contributed by atoms with Gasteiger partial charge in [-0.2, -0.15) is 0 Å². The number of Topliss-reactive ketones (excluding diaryl/α,β-unsaturated/α-hetero) is 1. The van der Waals surface area contributed by atoms with E-state index in [0.717, 1.165) is 10.8 Å². The number of amides is 6. The first-order valence-corrected chi connectivity index (χ1v) is 31.2. The molecular weight excluding hydrogens is 1170 g/mol. The van der Waals surface area contributed by atoms with Crippen LogP contribution in [0, 0.1) is 5.41 Å². The third-order valence-electron chi connectivity index (χ3n) is 16.3. The van der Waals surface area contributed by atoms with Crippen LogP contribution in [0.1, 0.15) is 122 Å². The molecule has 1 saturated heterocycles. The van der Waals surface area contributed by atoms with E-state index in [0.29, 0.717) is 72.5 Å². The zero-order valence-electron chi connectivity index (χ0n) is 54.9. The van der Waals surface area contributed by atoms with Gasteiger partial charge in [-0.3, -0.25) is 33.6 Å². The highest BCUT2D eigenvalue weighted by molar-refractivity contribution is 6.38. The number of nitrogens with one attached hydrogen (secondary N) is 2. The van der Waals surface area contributed by atoms with E-state index in [-0.39, 0.29) is 57.6 Å². The molecule has 0 radical (unpaired) electrons. The highest BCUT2D eigenvalue weighted by atomic mass is 16.5. The first-order valence-electron chi connectivity index (χ1n) is 31.2. The van der Waals surface area contributed by atoms with Crippen molar-refractivity contribution in [1.29, 1.82) is 0 Å². The third kappa shape index (κ3) is 20.2. The molecule has 2 heterocycles. The largest absolute Gasteiger partial charge is 0.497 e. The molecule has 4 aromatic rings. The van der Waals surface area contributed by atoms with Gasteiger partial charge in [0.25, 0.3) is 11.8 Å². The third-order valence-corrected chi connectivity index (χ3v) is 16.3. The molecule has 22 nitrogen and oxygen atoms in total. The Bertz CT molecular complexity index is 3250. The summed E-state index contributed by atoms with van der Waals surface area (Å²) in [5.41, 5.74) is -0.405. The van der Waals surface area contributed by atoms with Crippen LogP contribution < -0.4 is 29.6 Å². The van der Waals surface area contributed by atoms with Crippen molar-refractivity contribution in [3.05, 3.63) is 108 Å². The molecule has 0 spiro atoms. The number of benzene rings is 4. The van der Waals surface area contributed by atoms with Gasteiger partial charge < -0.3 is 63.4 Å². The second-order valence-electron chi connectivity index (χ2n) is 24.8. The number of ketones is 1. The number of esters is 2. The average Bonchev–Trinajstić information content (AvgIpc) is 1.04. The molecule has 2 N–H and O–H groups in total. The lowest BCUT2D eigenvalue weighted by Crippen LogP contribution is -2.59. The van der Waals surface area contributed by atoms with Crippen LogP contribution in [0.15, 0.2) is 91.0 Å². The predicted octanol–water partition coefficient (Wildman–Crippen LogP) is 7.29. The number of hydrogen-bond donors (Lipinski definition) is 2. The van der Waals surface area contributed by atoms with Gasteiger partial charge >= 0.3 is 11.9 Å². The summed E-state index contributed by atoms with van der Waals surface area (Å²) in [7, 11) is 9.02. The number of piperidine rings is 1. The first kappa shape index (κ1) is 71.5. The molecule has 1 fully saturated rings. The van der Waals surface area contributed by atoms with Crippen LogP contribution in [0.3, 0.4) is 0 Å². The molecule has 91 heavy (non-hydrogen) atoms. The van der Waals surface area contributed by atoms with E-state index >= 15 is 4.79 Å². The van der Waals surface area contributed by atoms with E-state index in [9.17, 15) is 38.4 Å². The Morgan fingerprint density at radius 3 is 2.19 bits per heavy atom. The number of ether oxygens (including phenoxy) is 7. The topological polar surface area (TPSA) is 255 Å². The van der Waals surface area contributed by atoms with Gasteiger partial charge in [0.15, 0.2) is 18.1 Å². The quantitative estimate of drug-likeness (QED) is 0.0984. The Morgan fingerprint density at radius 1 is 0.736 bits per heavy atom. The Hall–Kier alpha value is -8.53. The number of nitrogens with zero attached hydrogens (tertiary/aromatic N) is 4. The van der Waals surface area contributed by atoms with Crippen molar-refractivity contribution in [2.24, 2.45) is 5.41 Å². The Morgan fingerprint density at radius 2 is 1.48 bits per heavy atom. The Labute approximate surface area is 534 Å². The number of likely N-dealkylation sites (N-methyl/N-ethyl adjacent to an activating group) is 3. The van der Waals surface area contributed by atoms with Crippen molar-refractivity contribution in [3.63, 3.8) is 0 Å². The van der Waals surface area contributed by atoms with Crippen molar-refractivity contribution < 1.29 is 76.3 Å². The van der Waals surface area contributed by atoms with Crippen molar-refractivity contribution in [2.45, 2.75) is 148 Å². The van der Waals surface area contributed by atoms with Crippen LogP contribution >= 0.6 is 0 Å². The van der Waals surface area contributed by atoms with Crippen LogP contribution in [0.5, 0.6) is 23.0 Å². The number of aryl methyl sites for hydroxylation is 1. The molecule has 0 aliphatic carbocycles. The summed E-state index contributed by atoms with van der Waals surface area (Å²) in [6.07, 6.45) is 5.62. The fraction of sp³-hybridized carbons (Fsp3) is 0.522. The molecule has 5 atom stereocenters. The molecule has 2 aliphatic rings. The minimum absolute atomic E-state index is 0.00203. The normalized spacial score (nSPS) is 21.7. The number of unbranched alkanes of at least 4 members (excludes halogenated alkanes) is 1. The molecule has 6 rings (SSSR count). The standard InChI is InChI=1S/C69H92N6O16/c1-13-14-27-53-64(81)71-52(37-45-30-31-46-23-17-18-24-47(46)36-45)65(82)74(9)55(42-90-68(2,3)4)63(80)70-41-58(76)72(7)34-20-15-16-29-60(78)89-44-69(5,6)62(79)66(83)75-35-21-19-28-54(75)67(84)91-56(48-25-22-26-50(38-48)88-43-59(77)73(53)8)33-32-49-39-51(85-10)40-57(86-11)61(49)87-12/h16-18,22-26,29-31,36,38-40,52-56H,13-15,19-21,27-28,32-35,37,41-44H2,1-12H3,(H,70,80)(H,71,81)/b29-16+/t52-,53-,54-,55-,56+/m0/s1. The van der Waals surface area contributed by atoms with Gasteiger partial charge in [-0.05, 0) is 126 Å². The highest BCUT2D eigenvalue weighted by Gasteiger charge is 2.43. The first-order chi connectivity index (χ1) is 43.3. The van der Waals surface area contributed by atoms with Gasteiger partial charge in [-0.15, -0.1) is 0 Å². The van der Waals surface area contributed by atoms with Gasteiger partial charge in [-0.25, -0.2) is 9.59 Å². The second-order valence-corrected chi connectivity index (χ2v) is 24.8. The molecule has 2 bridgehead atoms. The fourth-order valence-corrected chi connectivity index (χ4v) is 10.8. The number of cyclic esters (lactones) is 2. The lowest BCUT2D eigenvalue weighted by molar-refractivity contribution is -0.165. The zero-order valence-corrected chi connectivity index (χ0v) is 54.9. The lowest BCUT2D eigenvalue weighted by Gasteiger charge is -2.36. The monoisotopic (exact) mass is 1260 g/mol. The average molecular weight is 1260 g/mol. The molecule has 0 aromatic heterocycles. The van der Waals surface area contributed by atoms with Crippen LogP contribution in [0.2, 0.25) is 0 Å². The van der Waals surface area contributed by atoms with Gasteiger partial charge in [0.2, 0.25) is 29.4 Å². The fourth-order valence-electron chi connectivity index (χ4n) is 10.8. The number of carbonyl (C=O) groups is 9. The van der Waals surface area contributed by atoms with Crippen LogP contribution in [0.4, 0.5) is 0 Å². The lowest BCUT2D eigenvalue weighted by atomic mass is 9.87. The van der Waals surface area contributed by atoms with Crippen molar-refractivity contribution >= 4 is 63.9 Å². The van der Waals surface area contributed by atoms with E-state index in [1.54, 1.807) is 70.3 Å². The van der Waals surface area contributed by atoms with Crippen molar-refractivity contribution in [3.8, 4) is 23.0 Å². The summed E-state index contributed by atoms with van der Waals surface area (Å²) >= 11 is 0. The number of methoxy groups -OCH3 is 3. The molecule has 0 unspecified atom stereocenters. The van der Waals surface area contributed by atoms with Crippen LogP contribution in [-0.2, 0) is 70.2 Å². The highest BCUT2D eigenvalue weighted by Crippen LogP contribution is 2.38. The minimum Gasteiger partial charge on any atom is -0.497 e. The maximum absolute atomic E-state index is 15.1. The van der Waals surface area contributed by atoms with Crippen LogP contribution in [-0.4, -0.2) is 184 Å². The second kappa shape index (κ2) is 33.5. The molecule has 4 aromatic carbocycles. The summed E-state index contributed by atoms with van der Waals surface area (Å²) in [5.74, 6) is -4.70. The van der Waals surface area contributed by atoms with Crippen LogP contribution in [0.25, 0.3) is 10.8 Å². The van der Waals surface area contributed by atoms with E-state index in [2.05, 4.69) is 10.6 Å². The number of fused-ring (bicyclic) bond motifs is 4. The number of hydrogen-bond acceptors (Lipinski definition) is 16. The summed E-state index contributed by atoms with van der Waals surface area (Å²) < 4.78 is 41.2. The van der Waals surface area contributed by atoms with Crippen molar-refractivity contribution in [1.82, 2.24) is 30.2 Å². The summed E-state index contributed by atoms with van der Waals surface area (Å²) in [5, 5.41) is 7.53. The maximum Gasteiger partial charge on any atom is 0.330 e. The molecule has 0 saturated carbocycles. The Kier molecular flexibility index (Phi) is 26.3. The smallest absolute Gasteiger partial charge is 0.330 e. The Balaban J connectivity index is 1.36. The molecule has 2 aliphatic heterocycles. The van der Waals surface area contributed by atoms with Gasteiger partial charge in [0.05, 0.1) is 45.5 Å². The minimum atomic E-state index is -1.49. The van der Waals surface area contributed by atoms with Crippen molar-refractivity contribution in [2.75, 3.05) is 81.9 Å². The molecule has 6 amide bonds. The maximum atomic E-state index is 15.1. The number of allylic oxidation sites excluding steroid dienone is 1. The molecular formula is C69H92N6O16. The number of carbonyl (C=O) groups excluding carboxylic acids is 9. The zero-order chi connectivity index (χ0) is 66.6. The van der Waals surface area contributed by atoms with E-state index < -0.39 is 114 Å². The van der Waals surface area contributed by atoms with Gasteiger partial charge in [0, 0.05) is 58.4 Å². The molecule has 22 heteroatoms. The summed E-state index contributed by atoms with van der Waals surface area (Å²) in [6, 6.07) is 18.8.